The molecule has 5 nitrogen and oxygen atoms in total. The second kappa shape index (κ2) is 11.8. The number of nitrogens with zero attached hydrogens (tertiary/aromatic N) is 4. The van der Waals surface area contributed by atoms with Crippen LogP contribution in [0.25, 0.3) is 49.9 Å². The average Bonchev–Trinajstić information content (AvgIpc) is 3.87. The lowest BCUT2D eigenvalue weighted by atomic mass is 9.67. The summed E-state index contributed by atoms with van der Waals surface area (Å²) in [5.74, 6) is 0.886. The van der Waals surface area contributed by atoms with E-state index < -0.39 is 5.41 Å². The number of pyridine rings is 1. The van der Waals surface area contributed by atoms with Crippen LogP contribution in [0.15, 0.2) is 188 Å². The number of benzene rings is 7. The Morgan fingerprint density at radius 2 is 1.17 bits per heavy atom. The lowest BCUT2D eigenvalue weighted by Gasteiger charge is -2.34. The van der Waals surface area contributed by atoms with E-state index in [1.165, 1.54) is 44.2 Å². The highest BCUT2D eigenvalue weighted by molar-refractivity contribution is 6.09. The summed E-state index contributed by atoms with van der Waals surface area (Å²) >= 11 is 0. The van der Waals surface area contributed by atoms with Gasteiger partial charge in [0.2, 0.25) is 0 Å². The Labute approximate surface area is 313 Å². The number of hydroxylamine groups is 1. The molecule has 11 rings (SSSR count). The first kappa shape index (κ1) is 30.7. The van der Waals surface area contributed by atoms with E-state index in [4.69, 9.17) is 9.92 Å². The Hall–Kier alpha value is -6.95. The molecule has 7 aromatic carbocycles. The number of aromatic nitrogens is 2. The maximum atomic E-state index is 6.37. The maximum Gasteiger partial charge on any atom is 0.138 e. The van der Waals surface area contributed by atoms with Crippen molar-refractivity contribution in [2.75, 3.05) is 17.2 Å². The van der Waals surface area contributed by atoms with Crippen LogP contribution in [-0.2, 0) is 10.4 Å². The molecule has 9 aromatic rings. The van der Waals surface area contributed by atoms with Crippen LogP contribution in [0.1, 0.15) is 22.3 Å². The molecule has 5 heteroatoms. The van der Waals surface area contributed by atoms with Gasteiger partial charge in [-0.1, -0.05) is 133 Å². The van der Waals surface area contributed by atoms with E-state index >= 15 is 0 Å². The average molecular weight is 695 g/mol. The van der Waals surface area contributed by atoms with Crippen LogP contribution in [0.4, 0.5) is 17.1 Å². The van der Waals surface area contributed by atoms with Gasteiger partial charge in [-0.3, -0.25) is 4.57 Å². The monoisotopic (exact) mass is 694 g/mol. The van der Waals surface area contributed by atoms with Gasteiger partial charge in [-0.05, 0) is 93.0 Å². The van der Waals surface area contributed by atoms with E-state index in [9.17, 15) is 0 Å². The van der Waals surface area contributed by atoms with Crippen LogP contribution in [0.3, 0.4) is 0 Å². The first-order valence-corrected chi connectivity index (χ1v) is 18.4. The van der Waals surface area contributed by atoms with Crippen LogP contribution < -0.4 is 10.1 Å². The zero-order chi connectivity index (χ0) is 35.8. The van der Waals surface area contributed by atoms with Gasteiger partial charge < -0.3 is 0 Å². The topological polar surface area (TPSA) is 33.5 Å². The molecule has 0 atom stereocenters. The second-order valence-corrected chi connectivity index (χ2v) is 14.1. The first-order chi connectivity index (χ1) is 26.7. The quantitative estimate of drug-likeness (QED) is 0.180. The van der Waals surface area contributed by atoms with Gasteiger partial charge in [-0.15, -0.1) is 4.94 Å². The summed E-state index contributed by atoms with van der Waals surface area (Å²) in [5, 5.41) is 6.15. The summed E-state index contributed by atoms with van der Waals surface area (Å²) in [6.45, 7) is 0. The standard InChI is InChI=1S/C49H34N4O/c1-51-45-24-11-12-25-46(45)53(54-51)37-17-13-16-35(31-37)49(42-21-8-5-18-38(42)39-19-6-9-22-43(39)49)36-26-27-41-40-20-7-10-23-44(40)52(47(41)32-36)48-30-34(28-29-50-48)33-14-3-2-4-15-33/h2-32H,1H3. The van der Waals surface area contributed by atoms with Crippen LogP contribution in [0.2, 0.25) is 0 Å². The molecule has 3 heterocycles. The molecule has 0 amide bonds. The van der Waals surface area contributed by atoms with Crippen molar-refractivity contribution in [2.45, 2.75) is 5.41 Å². The molecule has 0 unspecified atom stereocenters. The molecule has 0 saturated heterocycles. The minimum Gasteiger partial charge on any atom is -0.294 e. The molecule has 0 bridgehead atoms. The van der Waals surface area contributed by atoms with E-state index in [2.05, 4.69) is 180 Å². The molecule has 0 spiro atoms. The maximum absolute atomic E-state index is 6.37. The number of rotatable bonds is 5. The normalized spacial score (nSPS) is 14.0. The van der Waals surface area contributed by atoms with E-state index in [0.29, 0.717) is 0 Å². The lowest BCUT2D eigenvalue weighted by Crippen LogP contribution is -2.29. The first-order valence-electron chi connectivity index (χ1n) is 18.4. The van der Waals surface area contributed by atoms with Gasteiger partial charge in [0.15, 0.2) is 0 Å². The van der Waals surface area contributed by atoms with Crippen molar-refractivity contribution < 1.29 is 4.94 Å². The predicted molar refractivity (Wildman–Crippen MR) is 219 cm³/mol. The molecule has 0 saturated carbocycles. The summed E-state index contributed by atoms with van der Waals surface area (Å²) in [7, 11) is 1.95. The third-order valence-corrected chi connectivity index (χ3v) is 11.3. The summed E-state index contributed by atoms with van der Waals surface area (Å²) in [6, 6.07) is 65.5. The van der Waals surface area contributed by atoms with Crippen LogP contribution in [-0.4, -0.2) is 16.6 Å². The summed E-state index contributed by atoms with van der Waals surface area (Å²) in [6.07, 6.45) is 1.93. The zero-order valence-corrected chi connectivity index (χ0v) is 29.6. The molecule has 0 N–H and O–H groups in total. The third-order valence-electron chi connectivity index (χ3n) is 11.3. The van der Waals surface area contributed by atoms with Crippen molar-refractivity contribution >= 4 is 38.9 Å². The Bertz CT molecular complexity index is 2870. The molecule has 0 fully saturated rings. The van der Waals surface area contributed by atoms with Crippen LogP contribution in [0, 0.1) is 0 Å². The predicted octanol–water partition coefficient (Wildman–Crippen LogP) is 11.6. The highest BCUT2D eigenvalue weighted by Crippen LogP contribution is 2.57. The number of hydrogen-bond donors (Lipinski definition) is 0. The minimum atomic E-state index is -0.622. The van der Waals surface area contributed by atoms with Crippen LogP contribution >= 0.6 is 0 Å². The third kappa shape index (κ3) is 4.33. The largest absolute Gasteiger partial charge is 0.294 e. The molecule has 1 aliphatic heterocycles. The highest BCUT2D eigenvalue weighted by atomic mass is 16.8. The molecule has 0 radical (unpaired) electrons. The van der Waals surface area contributed by atoms with E-state index in [1.54, 1.807) is 0 Å². The fourth-order valence-electron chi connectivity index (χ4n) is 8.99. The van der Waals surface area contributed by atoms with E-state index in [1.807, 2.05) is 29.4 Å². The Balaban J connectivity index is 1.19. The van der Waals surface area contributed by atoms with Crippen molar-refractivity contribution in [1.29, 1.82) is 0 Å². The van der Waals surface area contributed by atoms with Crippen molar-refractivity contribution in [1.82, 2.24) is 9.55 Å². The fourth-order valence-corrected chi connectivity index (χ4v) is 8.99. The van der Waals surface area contributed by atoms with Gasteiger partial charge in [0.1, 0.15) is 5.82 Å². The van der Waals surface area contributed by atoms with Gasteiger partial charge in [0.25, 0.3) is 0 Å². The summed E-state index contributed by atoms with van der Waals surface area (Å²) < 4.78 is 2.34. The van der Waals surface area contributed by atoms with E-state index in [0.717, 1.165) is 45.0 Å². The zero-order valence-electron chi connectivity index (χ0n) is 29.6. The van der Waals surface area contributed by atoms with Crippen LogP contribution in [0.5, 0.6) is 0 Å². The molecule has 2 aromatic heterocycles. The van der Waals surface area contributed by atoms with Gasteiger partial charge in [-0.2, -0.15) is 5.06 Å². The fraction of sp³-hybridized carbons (Fsp3) is 0.0408. The molecular formula is C49H34N4O. The smallest absolute Gasteiger partial charge is 0.138 e. The number of hydrogen-bond acceptors (Lipinski definition) is 4. The van der Waals surface area contributed by atoms with Crippen molar-refractivity contribution in [3.05, 3.63) is 210 Å². The Morgan fingerprint density at radius 1 is 0.500 bits per heavy atom. The lowest BCUT2D eigenvalue weighted by molar-refractivity contribution is 0.142. The van der Waals surface area contributed by atoms with Crippen molar-refractivity contribution in [3.63, 3.8) is 0 Å². The summed E-state index contributed by atoms with van der Waals surface area (Å²) in [4.78, 5) is 11.4. The van der Waals surface area contributed by atoms with Crippen molar-refractivity contribution in [3.8, 4) is 28.1 Å². The Morgan fingerprint density at radius 3 is 1.98 bits per heavy atom. The highest BCUT2D eigenvalue weighted by Gasteiger charge is 2.46. The molecule has 54 heavy (non-hydrogen) atoms. The van der Waals surface area contributed by atoms with Gasteiger partial charge >= 0.3 is 0 Å². The van der Waals surface area contributed by atoms with Gasteiger partial charge in [-0.25, -0.2) is 10.0 Å². The Kier molecular flexibility index (Phi) is 6.69. The molecule has 1 aliphatic carbocycles. The van der Waals surface area contributed by atoms with E-state index in [-0.39, 0.29) is 0 Å². The molecule has 256 valence electrons. The number of para-hydroxylation sites is 3. The molecular weight excluding hydrogens is 661 g/mol. The van der Waals surface area contributed by atoms with Crippen molar-refractivity contribution in [2.24, 2.45) is 0 Å². The van der Waals surface area contributed by atoms with Gasteiger partial charge in [0, 0.05) is 24.0 Å². The summed E-state index contributed by atoms with van der Waals surface area (Å²) in [5.41, 5.74) is 14.3. The number of fused-ring (bicyclic) bond motifs is 7. The van der Waals surface area contributed by atoms with Gasteiger partial charge in [0.05, 0.1) is 33.5 Å². The second-order valence-electron chi connectivity index (χ2n) is 14.1. The SMILES string of the molecule is CN1ON(c2cccc(C3(c4ccc5c6ccccc6n(-c6cc(-c7ccccc7)ccn6)c5c4)c4ccccc4-c4ccccc43)c2)c2ccccc21. The molecule has 2 aliphatic rings. The minimum absolute atomic E-state index is 0.622. The number of anilines is 3.